The van der Waals surface area contributed by atoms with Gasteiger partial charge in [0, 0.05) is 12.3 Å². The van der Waals surface area contributed by atoms with Gasteiger partial charge in [0.25, 0.3) is 21.2 Å². The molecule has 20 heteroatoms. The topological polar surface area (TPSA) is 254 Å². The first kappa shape index (κ1) is 25.6. The van der Waals surface area contributed by atoms with E-state index < -0.39 is 71.7 Å². The molecule has 1 aromatic rings. The van der Waals surface area contributed by atoms with Crippen LogP contribution in [0.15, 0.2) is 21.9 Å². The number of hydrogen-bond donors (Lipinski definition) is 1. The number of fused-ring (bicyclic) bond motifs is 1. The van der Waals surface area contributed by atoms with Crippen LogP contribution in [0.5, 0.6) is 0 Å². The van der Waals surface area contributed by atoms with Gasteiger partial charge in [0.15, 0.2) is 12.0 Å². The first-order chi connectivity index (χ1) is 14.5. The Morgan fingerprint density at radius 1 is 1.06 bits per heavy atom. The van der Waals surface area contributed by atoms with E-state index in [9.17, 15) is 42.9 Å². The van der Waals surface area contributed by atoms with Gasteiger partial charge in [0.05, 0.1) is 14.4 Å². The first-order valence-corrected chi connectivity index (χ1v) is 12.9. The molecule has 3 rings (SSSR count). The zero-order chi connectivity index (χ0) is 24.1. The van der Waals surface area contributed by atoms with E-state index in [4.69, 9.17) is 14.2 Å². The lowest BCUT2D eigenvalue weighted by atomic mass is 10.1. The van der Waals surface area contributed by atoms with Crippen molar-refractivity contribution in [3.8, 4) is 0 Å². The van der Waals surface area contributed by atoms with Gasteiger partial charge in [0.2, 0.25) is 0 Å². The van der Waals surface area contributed by atoms with Crippen LogP contribution in [0.2, 0.25) is 0 Å². The molecule has 2 saturated heterocycles. The van der Waals surface area contributed by atoms with Crippen LogP contribution in [0.4, 0.5) is 0 Å². The number of phosphoric ester groups is 1. The van der Waals surface area contributed by atoms with E-state index in [1.807, 2.05) is 4.98 Å². The van der Waals surface area contributed by atoms with Gasteiger partial charge in [-0.2, -0.15) is 0 Å². The first-order valence-electron chi connectivity index (χ1n) is 8.51. The minimum Gasteiger partial charge on any atom is -0.790 e. The highest BCUT2D eigenvalue weighted by molar-refractivity contribution is 7.64. The van der Waals surface area contributed by atoms with E-state index in [1.165, 1.54) is 13.8 Å². The third-order valence-corrected chi connectivity index (χ3v) is 7.71. The van der Waals surface area contributed by atoms with Crippen molar-refractivity contribution in [1.82, 2.24) is 9.55 Å². The van der Waals surface area contributed by atoms with E-state index in [-0.39, 0.29) is 0 Å². The van der Waals surface area contributed by atoms with Crippen LogP contribution in [0.1, 0.15) is 20.1 Å². The molecule has 3 heterocycles. The molecular weight excluding hydrogens is 505 g/mol. The molecule has 0 amide bonds. The molecule has 2 aliphatic rings. The Kier molecular flexibility index (Phi) is 6.91. The van der Waals surface area contributed by atoms with Crippen LogP contribution < -0.4 is 30.8 Å². The number of rotatable bonds is 8. The molecule has 0 aliphatic carbocycles. The summed E-state index contributed by atoms with van der Waals surface area (Å²) < 4.78 is 62.2. The Morgan fingerprint density at radius 2 is 1.69 bits per heavy atom. The van der Waals surface area contributed by atoms with Gasteiger partial charge in [0.1, 0.15) is 18.3 Å². The van der Waals surface area contributed by atoms with Crippen molar-refractivity contribution in [2.75, 3.05) is 6.61 Å². The minimum atomic E-state index is -6.13. The average molecular weight is 520 g/mol. The van der Waals surface area contributed by atoms with E-state index in [1.54, 1.807) is 0 Å². The summed E-state index contributed by atoms with van der Waals surface area (Å²) in [5.74, 6) is -1.19. The molecule has 1 aromatic heterocycles. The summed E-state index contributed by atoms with van der Waals surface area (Å²) in [5.41, 5.74) is -1.54. The summed E-state index contributed by atoms with van der Waals surface area (Å²) in [4.78, 5) is 69.1. The Morgan fingerprint density at radius 3 is 2.28 bits per heavy atom. The van der Waals surface area contributed by atoms with Crippen LogP contribution in [-0.4, -0.2) is 40.3 Å². The third-order valence-electron chi connectivity index (χ3n) is 4.05. The van der Waals surface area contributed by atoms with Crippen LogP contribution in [0.25, 0.3) is 0 Å². The summed E-state index contributed by atoms with van der Waals surface area (Å²) in [6.45, 7) is 2.11. The minimum absolute atomic E-state index is 0.681. The highest BCUT2D eigenvalue weighted by Gasteiger charge is 2.56. The number of ether oxygens (including phenoxy) is 3. The monoisotopic (exact) mass is 520 g/mol. The lowest BCUT2D eigenvalue weighted by Gasteiger charge is -2.37. The molecule has 6 atom stereocenters. The summed E-state index contributed by atoms with van der Waals surface area (Å²) >= 11 is 0. The van der Waals surface area contributed by atoms with Crippen LogP contribution in [-0.2, 0) is 41.1 Å². The van der Waals surface area contributed by atoms with E-state index in [0.717, 1.165) is 16.8 Å². The van der Waals surface area contributed by atoms with Gasteiger partial charge in [-0.15, -0.1) is 0 Å². The Hall–Kier alpha value is -1.03. The number of aromatic nitrogens is 2. The molecule has 6 unspecified atom stereocenters. The molecule has 17 nitrogen and oxygen atoms in total. The third kappa shape index (κ3) is 6.30. The zero-order valence-corrected chi connectivity index (χ0v) is 18.8. The molecule has 2 fully saturated rings. The molecule has 182 valence electrons. The largest absolute Gasteiger partial charge is 0.790 e. The molecule has 2 aliphatic heterocycles. The fourth-order valence-electron chi connectivity index (χ4n) is 3.09. The SMILES string of the molecule is CC1(C)OC2C(COP(=O)([O-])OP(=O)([O-])OP(=O)([O-])[O-])OC(n3ccc(=O)[nH]c3=O)C2O1. The molecule has 0 radical (unpaired) electrons. The smallest absolute Gasteiger partial charge is 0.330 e. The summed E-state index contributed by atoms with van der Waals surface area (Å²) in [5, 5.41) is 0. The van der Waals surface area contributed by atoms with Crippen molar-refractivity contribution in [2.45, 2.75) is 44.2 Å². The summed E-state index contributed by atoms with van der Waals surface area (Å²) in [6.07, 6.45) is -3.36. The number of hydrogen-bond acceptors (Lipinski definition) is 15. The van der Waals surface area contributed by atoms with Gasteiger partial charge in [-0.3, -0.25) is 27.8 Å². The van der Waals surface area contributed by atoms with Crippen molar-refractivity contribution < 1.29 is 60.6 Å². The van der Waals surface area contributed by atoms with E-state index in [2.05, 4.69) is 13.1 Å². The van der Waals surface area contributed by atoms with Crippen molar-refractivity contribution in [3.05, 3.63) is 33.1 Å². The second-order valence-corrected chi connectivity index (χ2v) is 11.2. The Balaban J connectivity index is 1.75. The Labute approximate surface area is 178 Å². The van der Waals surface area contributed by atoms with Crippen molar-refractivity contribution in [2.24, 2.45) is 0 Å². The number of nitrogens with zero attached hydrogens (tertiary/aromatic N) is 1. The summed E-state index contributed by atoms with van der Waals surface area (Å²) in [6, 6.07) is 1.03. The molecule has 0 saturated carbocycles. The molecule has 0 bridgehead atoms. The fourth-order valence-corrected chi connectivity index (χ4v) is 5.96. The van der Waals surface area contributed by atoms with Gasteiger partial charge >= 0.3 is 5.69 Å². The molecule has 0 aromatic carbocycles. The number of nitrogens with one attached hydrogen (secondary N) is 1. The zero-order valence-electron chi connectivity index (χ0n) is 16.1. The number of aromatic amines is 1. The molecular formula is C12H15N2O15P3-4. The maximum atomic E-state index is 12.1. The maximum absolute atomic E-state index is 12.1. The predicted molar refractivity (Wildman–Crippen MR) is 90.0 cm³/mol. The average Bonchev–Trinajstić information content (AvgIpc) is 3.03. The number of H-pyrrole nitrogens is 1. The predicted octanol–water partition coefficient (Wildman–Crippen LogP) is -3.23. The van der Waals surface area contributed by atoms with Gasteiger partial charge in [-0.05, 0) is 13.8 Å². The Bertz CT molecular complexity index is 1120. The fraction of sp³-hybridized carbons (Fsp3) is 0.667. The van der Waals surface area contributed by atoms with Gasteiger partial charge in [-0.25, -0.2) is 9.11 Å². The van der Waals surface area contributed by atoms with E-state index in [0.29, 0.717) is 0 Å². The second-order valence-electron chi connectivity index (χ2n) is 6.95. The van der Waals surface area contributed by atoms with Crippen LogP contribution in [0.3, 0.4) is 0 Å². The number of phosphoric acid groups is 3. The molecule has 0 spiro atoms. The highest BCUT2D eigenvalue weighted by atomic mass is 31.3. The van der Waals surface area contributed by atoms with Gasteiger partial charge in [-0.1, -0.05) is 0 Å². The second kappa shape index (κ2) is 8.64. The highest BCUT2D eigenvalue weighted by Crippen LogP contribution is 2.60. The standard InChI is InChI=1S/C12H19N2O15P3/c1-12(2)26-8-6(5-24-31(20,21)29-32(22,23)28-30(17,18)19)25-10(9(8)27-12)14-4-3-7(15)13-11(14)16/h3-4,6,8-10H,5H2,1-2H3,(H,20,21)(H,22,23)(H,13,15,16)(H2,17,18,19)/p-4. The lowest BCUT2D eigenvalue weighted by molar-refractivity contribution is -0.339. The van der Waals surface area contributed by atoms with Crippen LogP contribution >= 0.6 is 23.5 Å². The quantitative estimate of drug-likeness (QED) is 0.331. The maximum Gasteiger partial charge on any atom is 0.330 e. The molecule has 32 heavy (non-hydrogen) atoms. The molecule has 1 N–H and O–H groups in total. The van der Waals surface area contributed by atoms with Crippen molar-refractivity contribution in [3.63, 3.8) is 0 Å². The van der Waals surface area contributed by atoms with Crippen LogP contribution in [0, 0.1) is 0 Å². The normalized spacial score (nSPS) is 31.1. The van der Waals surface area contributed by atoms with Crippen molar-refractivity contribution >= 4 is 23.5 Å². The van der Waals surface area contributed by atoms with E-state index >= 15 is 0 Å². The lowest BCUT2D eigenvalue weighted by Crippen LogP contribution is -2.37. The van der Waals surface area contributed by atoms with Gasteiger partial charge < -0.3 is 42.9 Å². The van der Waals surface area contributed by atoms with Crippen molar-refractivity contribution in [1.29, 1.82) is 0 Å². The summed E-state index contributed by atoms with van der Waals surface area (Å²) in [7, 11) is -18.0.